The fraction of sp³-hybridized carbons (Fsp3) is 0.714. The number of nitrogens with one attached hydrogen (secondary N) is 1. The fourth-order valence-corrected chi connectivity index (χ4v) is 2.48. The van der Waals surface area contributed by atoms with Crippen molar-refractivity contribution in [2.45, 2.75) is 55.2 Å². The number of rotatable bonds is 6. The third-order valence-electron chi connectivity index (χ3n) is 3.35. The summed E-state index contributed by atoms with van der Waals surface area (Å²) in [5.74, 6) is -3.16. The van der Waals surface area contributed by atoms with Crippen LogP contribution in [0.25, 0.3) is 10.4 Å². The minimum Gasteiger partial charge on any atom is -0.463 e. The van der Waals surface area contributed by atoms with Crippen molar-refractivity contribution in [3.8, 4) is 0 Å². The molecule has 15 heteroatoms. The van der Waals surface area contributed by atoms with Crippen LogP contribution in [0.15, 0.2) is 5.11 Å². The number of alkyl halides is 3. The number of hydrogen-bond donors (Lipinski definition) is 1. The number of ether oxygens (including phenoxy) is 5. The molecule has 0 spiro atoms. The Morgan fingerprint density at radius 1 is 1.07 bits per heavy atom. The van der Waals surface area contributed by atoms with Gasteiger partial charge in [0.2, 0.25) is 12.2 Å². The van der Waals surface area contributed by atoms with Gasteiger partial charge in [0.15, 0.2) is 12.2 Å². The van der Waals surface area contributed by atoms with Crippen molar-refractivity contribution in [2.75, 3.05) is 6.61 Å². The van der Waals surface area contributed by atoms with Crippen LogP contribution in [0.2, 0.25) is 0 Å². The molecule has 0 aromatic rings. The van der Waals surface area contributed by atoms with Crippen molar-refractivity contribution in [3.05, 3.63) is 10.4 Å². The third kappa shape index (κ3) is 7.75. The normalized spacial score (nSPS) is 26.5. The first-order chi connectivity index (χ1) is 13.4. The number of nitrogens with zero attached hydrogens (tertiary/aromatic N) is 3. The lowest BCUT2D eigenvalue weighted by atomic mass is 9.97. The molecule has 1 rings (SSSR count). The summed E-state index contributed by atoms with van der Waals surface area (Å²) in [4.78, 5) is 36.9. The molecule has 1 saturated heterocycles. The average molecular weight is 476 g/mol. The molecule has 0 aromatic heterocycles. The lowest BCUT2D eigenvalue weighted by Crippen LogP contribution is -2.61. The van der Waals surface area contributed by atoms with Gasteiger partial charge in [0, 0.05) is 25.7 Å². The molecule has 0 unspecified atom stereocenters. The summed E-state index contributed by atoms with van der Waals surface area (Å²) in [5, 5.41) is 11.1. The SMILES string of the molecule is CC(=O)OC[C@H]1O[C@H](OC(=N)C(Cl)(Cl)Cl)[C@H](N=[N+]=[N-])[C@@H](OC(C)=O)[C@H]1OC(C)=O. The second-order valence-corrected chi connectivity index (χ2v) is 7.92. The van der Waals surface area contributed by atoms with Gasteiger partial charge in [0.25, 0.3) is 3.79 Å². The maximum absolute atomic E-state index is 11.6. The second kappa shape index (κ2) is 10.7. The molecular weight excluding hydrogens is 459 g/mol. The molecule has 1 N–H and O–H groups in total. The van der Waals surface area contributed by atoms with Crippen LogP contribution in [0.3, 0.4) is 0 Å². The molecule has 1 aliphatic heterocycles. The van der Waals surface area contributed by atoms with Crippen molar-refractivity contribution >= 4 is 58.6 Å². The molecule has 1 fully saturated rings. The van der Waals surface area contributed by atoms with E-state index in [2.05, 4.69) is 10.0 Å². The summed E-state index contributed by atoms with van der Waals surface area (Å²) in [7, 11) is 0. The Bertz CT molecular complexity index is 709. The smallest absolute Gasteiger partial charge is 0.303 e. The van der Waals surface area contributed by atoms with E-state index >= 15 is 0 Å². The minimum absolute atomic E-state index is 0.449. The van der Waals surface area contributed by atoms with Gasteiger partial charge in [0.1, 0.15) is 18.8 Å². The monoisotopic (exact) mass is 474 g/mol. The molecule has 0 saturated carbocycles. The largest absolute Gasteiger partial charge is 0.463 e. The van der Waals surface area contributed by atoms with Crippen molar-refractivity contribution in [1.29, 1.82) is 5.41 Å². The molecule has 0 aromatic carbocycles. The van der Waals surface area contributed by atoms with Gasteiger partial charge in [-0.05, 0) is 5.53 Å². The summed E-state index contributed by atoms with van der Waals surface area (Å²) >= 11 is 16.7. The van der Waals surface area contributed by atoms with E-state index in [4.69, 9.17) is 69.4 Å². The molecule has 0 bridgehead atoms. The molecule has 0 radical (unpaired) electrons. The van der Waals surface area contributed by atoms with E-state index in [9.17, 15) is 14.4 Å². The van der Waals surface area contributed by atoms with Crippen LogP contribution in [0.5, 0.6) is 0 Å². The zero-order chi connectivity index (χ0) is 22.4. The average Bonchev–Trinajstić information content (AvgIpc) is 2.56. The predicted molar refractivity (Wildman–Crippen MR) is 98.4 cm³/mol. The van der Waals surface area contributed by atoms with Gasteiger partial charge < -0.3 is 23.7 Å². The molecule has 0 aliphatic carbocycles. The molecule has 1 aliphatic rings. The van der Waals surface area contributed by atoms with Crippen LogP contribution in [0, 0.1) is 5.41 Å². The molecule has 29 heavy (non-hydrogen) atoms. The first kappa shape index (κ1) is 25.1. The van der Waals surface area contributed by atoms with Gasteiger partial charge >= 0.3 is 17.9 Å². The fourth-order valence-electron chi connectivity index (χ4n) is 2.35. The van der Waals surface area contributed by atoms with Gasteiger partial charge in [-0.1, -0.05) is 39.9 Å². The lowest BCUT2D eigenvalue weighted by molar-refractivity contribution is -0.256. The molecule has 0 amide bonds. The zero-order valence-corrected chi connectivity index (χ0v) is 17.6. The van der Waals surface area contributed by atoms with E-state index in [1.54, 1.807) is 0 Å². The predicted octanol–water partition coefficient (Wildman–Crippen LogP) is 2.18. The number of halogens is 3. The van der Waals surface area contributed by atoms with Gasteiger partial charge in [0.05, 0.1) is 0 Å². The van der Waals surface area contributed by atoms with Gasteiger partial charge in [-0.2, -0.15) is 0 Å². The van der Waals surface area contributed by atoms with E-state index in [0.29, 0.717) is 0 Å². The highest BCUT2D eigenvalue weighted by atomic mass is 35.6. The molecule has 5 atom stereocenters. The maximum Gasteiger partial charge on any atom is 0.303 e. The third-order valence-corrected chi connectivity index (χ3v) is 3.86. The zero-order valence-electron chi connectivity index (χ0n) is 15.3. The Hall–Kier alpha value is -1.98. The van der Waals surface area contributed by atoms with Crippen LogP contribution < -0.4 is 0 Å². The quantitative estimate of drug-likeness (QED) is 0.0890. The summed E-state index contributed by atoms with van der Waals surface area (Å²) in [5.41, 5.74) is 8.89. The van der Waals surface area contributed by atoms with Crippen LogP contribution >= 0.6 is 34.8 Å². The number of hydrogen-bond acceptors (Lipinski definition) is 10. The lowest BCUT2D eigenvalue weighted by Gasteiger charge is -2.43. The number of carbonyl (C=O) groups excluding carboxylic acids is 3. The van der Waals surface area contributed by atoms with Crippen LogP contribution in [0.4, 0.5) is 0 Å². The Balaban J connectivity index is 3.35. The highest BCUT2D eigenvalue weighted by Gasteiger charge is 2.52. The Labute approximate surface area is 179 Å². The molecule has 162 valence electrons. The number of azide groups is 1. The summed E-state index contributed by atoms with van der Waals surface area (Å²) < 4.78 is 23.6. The van der Waals surface area contributed by atoms with Gasteiger partial charge in [-0.25, -0.2) is 0 Å². The standard InChI is InChI=1S/C14H17Cl3N4O8/c1-5(22)25-4-8-10(26-6(2)23)11(27-7(3)24)9(20-21-19)12(28-8)29-13(18)14(15,16)17/h8-12,18H,4H2,1-3H3/t8-,9-,10+,11-,12-/m1/s1. The van der Waals surface area contributed by atoms with Crippen LogP contribution in [0.1, 0.15) is 20.8 Å². The number of esters is 3. The van der Waals surface area contributed by atoms with E-state index < -0.39 is 64.8 Å². The second-order valence-electron chi connectivity index (χ2n) is 5.63. The Kier molecular flexibility index (Phi) is 9.24. The van der Waals surface area contributed by atoms with Crippen molar-refractivity contribution < 1.29 is 38.1 Å². The van der Waals surface area contributed by atoms with E-state index in [-0.39, 0.29) is 0 Å². The number of carbonyl (C=O) groups is 3. The highest BCUT2D eigenvalue weighted by molar-refractivity contribution is 6.76. The van der Waals surface area contributed by atoms with Gasteiger partial charge in [-0.15, -0.1) is 0 Å². The minimum atomic E-state index is -2.28. The van der Waals surface area contributed by atoms with E-state index in [1.165, 1.54) is 0 Å². The molecular formula is C14H17Cl3N4O8. The Morgan fingerprint density at radius 2 is 1.62 bits per heavy atom. The highest BCUT2D eigenvalue weighted by Crippen LogP contribution is 2.33. The summed E-state index contributed by atoms with van der Waals surface area (Å²) in [6, 6.07) is -1.45. The maximum atomic E-state index is 11.6. The Morgan fingerprint density at radius 3 is 2.07 bits per heavy atom. The van der Waals surface area contributed by atoms with Gasteiger partial charge in [-0.3, -0.25) is 19.8 Å². The summed E-state index contributed by atoms with van der Waals surface area (Å²) in [6.45, 7) is 2.82. The molecule has 12 nitrogen and oxygen atoms in total. The van der Waals surface area contributed by atoms with Crippen LogP contribution in [-0.2, 0) is 38.1 Å². The van der Waals surface area contributed by atoms with Crippen LogP contribution in [-0.4, -0.2) is 64.8 Å². The van der Waals surface area contributed by atoms with E-state index in [1.807, 2.05) is 0 Å². The molecule has 1 heterocycles. The van der Waals surface area contributed by atoms with Crippen molar-refractivity contribution in [3.63, 3.8) is 0 Å². The first-order valence-corrected chi connectivity index (χ1v) is 9.00. The van der Waals surface area contributed by atoms with Crippen molar-refractivity contribution in [1.82, 2.24) is 0 Å². The first-order valence-electron chi connectivity index (χ1n) is 7.86. The van der Waals surface area contributed by atoms with Crippen molar-refractivity contribution in [2.24, 2.45) is 5.11 Å². The van der Waals surface area contributed by atoms with E-state index in [0.717, 1.165) is 20.8 Å². The summed E-state index contributed by atoms with van der Waals surface area (Å²) in [6.07, 6.45) is -5.60. The topological polar surface area (TPSA) is 170 Å².